The van der Waals surface area contributed by atoms with Crippen LogP contribution >= 0.6 is 0 Å². The SMILES string of the molecule is COc1cc(N2CCC(N3CCC(CC[SH](=O)=O)CC3)CC2)ccc1Nc1nccc(-c2c(-c3cccc(C(=O)Nc4c(F)cccc4F)c3)nc3ccccn23)n1. The molecule has 300 valence electrons. The van der Waals surface area contributed by atoms with Crippen LogP contribution in [0.3, 0.4) is 0 Å². The molecule has 12 nitrogen and oxygen atoms in total. The Morgan fingerprint density at radius 3 is 2.41 bits per heavy atom. The van der Waals surface area contributed by atoms with E-state index in [1.54, 1.807) is 37.6 Å². The first-order chi connectivity index (χ1) is 28.2. The van der Waals surface area contributed by atoms with Crippen molar-refractivity contribution in [2.75, 3.05) is 54.6 Å². The molecule has 15 heteroatoms. The Bertz CT molecular complexity index is 2490. The van der Waals surface area contributed by atoms with Crippen molar-refractivity contribution in [3.05, 3.63) is 115 Å². The molecule has 2 aliphatic rings. The van der Waals surface area contributed by atoms with Crippen LogP contribution in [0, 0.1) is 17.6 Å². The minimum Gasteiger partial charge on any atom is -0.494 e. The predicted molar refractivity (Wildman–Crippen MR) is 222 cm³/mol. The number of halogens is 2. The maximum absolute atomic E-state index is 14.3. The molecule has 0 spiro atoms. The second kappa shape index (κ2) is 17.3. The number of likely N-dealkylation sites (tertiary alicyclic amines) is 1. The summed E-state index contributed by atoms with van der Waals surface area (Å²) in [5.41, 5.74) is 4.48. The molecule has 0 saturated carbocycles. The molecule has 0 bridgehead atoms. The first-order valence-corrected chi connectivity index (χ1v) is 20.8. The van der Waals surface area contributed by atoms with Gasteiger partial charge >= 0.3 is 0 Å². The number of fused-ring (bicyclic) bond motifs is 1. The van der Waals surface area contributed by atoms with Gasteiger partial charge < -0.3 is 25.2 Å². The fourth-order valence-corrected chi connectivity index (χ4v) is 8.66. The van der Waals surface area contributed by atoms with Crippen molar-refractivity contribution in [1.82, 2.24) is 24.3 Å². The van der Waals surface area contributed by atoms with E-state index in [9.17, 15) is 22.0 Å². The number of hydrogen-bond acceptors (Lipinski definition) is 10. The number of nitrogens with zero attached hydrogens (tertiary/aromatic N) is 6. The van der Waals surface area contributed by atoms with Crippen LogP contribution in [0.25, 0.3) is 28.3 Å². The van der Waals surface area contributed by atoms with Crippen LogP contribution in [0.1, 0.15) is 42.5 Å². The van der Waals surface area contributed by atoms with E-state index in [1.807, 2.05) is 47.0 Å². The number of amides is 1. The van der Waals surface area contributed by atoms with Crippen molar-refractivity contribution in [2.24, 2.45) is 5.92 Å². The van der Waals surface area contributed by atoms with Crippen molar-refractivity contribution in [2.45, 2.75) is 38.1 Å². The normalized spacial score (nSPS) is 15.6. The van der Waals surface area contributed by atoms with Gasteiger partial charge in [0.2, 0.25) is 5.95 Å². The van der Waals surface area contributed by atoms with Gasteiger partial charge in [-0.25, -0.2) is 32.2 Å². The summed E-state index contributed by atoms with van der Waals surface area (Å²) in [7, 11) is -0.654. The zero-order chi connectivity index (χ0) is 40.2. The summed E-state index contributed by atoms with van der Waals surface area (Å²) in [6, 6.07) is 24.1. The second-order valence-corrected chi connectivity index (χ2v) is 15.8. The lowest BCUT2D eigenvalue weighted by Crippen LogP contribution is -2.47. The third-order valence-electron chi connectivity index (χ3n) is 11.2. The fourth-order valence-electron chi connectivity index (χ4n) is 8.09. The molecule has 2 fully saturated rings. The monoisotopic (exact) mass is 806 g/mol. The summed E-state index contributed by atoms with van der Waals surface area (Å²) in [5, 5.41) is 5.70. The summed E-state index contributed by atoms with van der Waals surface area (Å²) in [6.07, 6.45) is 8.59. The zero-order valence-corrected chi connectivity index (χ0v) is 32.9. The molecule has 2 aliphatic heterocycles. The van der Waals surface area contributed by atoms with Crippen LogP contribution in [0.4, 0.5) is 31.8 Å². The number of para-hydroxylation sites is 1. The summed E-state index contributed by atoms with van der Waals surface area (Å²) in [5.74, 6) is -0.614. The molecule has 6 aromatic rings. The fraction of sp³-hybridized carbons (Fsp3) is 0.302. The molecule has 8 rings (SSSR count). The number of carbonyl (C=O) groups is 1. The molecule has 2 N–H and O–H groups in total. The van der Waals surface area contributed by atoms with Crippen molar-refractivity contribution in [3.8, 4) is 28.4 Å². The van der Waals surface area contributed by atoms with E-state index >= 15 is 0 Å². The number of hydrogen-bond donors (Lipinski definition) is 3. The molecule has 0 atom stereocenters. The van der Waals surface area contributed by atoms with E-state index < -0.39 is 33.9 Å². The maximum Gasteiger partial charge on any atom is 0.255 e. The average Bonchev–Trinajstić information content (AvgIpc) is 3.65. The Kier molecular flexibility index (Phi) is 11.6. The van der Waals surface area contributed by atoms with Gasteiger partial charge in [-0.05, 0) is 106 Å². The first-order valence-electron chi connectivity index (χ1n) is 19.5. The van der Waals surface area contributed by atoms with Gasteiger partial charge in [-0.15, -0.1) is 0 Å². The highest BCUT2D eigenvalue weighted by Gasteiger charge is 2.29. The van der Waals surface area contributed by atoms with E-state index in [4.69, 9.17) is 14.7 Å². The van der Waals surface area contributed by atoms with Gasteiger partial charge in [-0.2, -0.15) is 0 Å². The summed E-state index contributed by atoms with van der Waals surface area (Å²) >= 11 is 0. The van der Waals surface area contributed by atoms with Crippen LogP contribution < -0.4 is 20.3 Å². The quantitative estimate of drug-likeness (QED) is 0.107. The first kappa shape index (κ1) is 38.9. The number of carbonyl (C=O) groups excluding carboxylic acids is 1. The predicted octanol–water partition coefficient (Wildman–Crippen LogP) is 7.42. The smallest absolute Gasteiger partial charge is 0.255 e. The molecule has 0 aliphatic carbocycles. The van der Waals surface area contributed by atoms with Crippen LogP contribution in [0.15, 0.2) is 97.3 Å². The number of thiol groups is 1. The second-order valence-electron chi connectivity index (χ2n) is 14.7. The Morgan fingerprint density at radius 1 is 0.879 bits per heavy atom. The highest BCUT2D eigenvalue weighted by Crippen LogP contribution is 2.36. The number of nitrogens with one attached hydrogen (secondary N) is 2. The third-order valence-corrected chi connectivity index (χ3v) is 11.8. The lowest BCUT2D eigenvalue weighted by molar-refractivity contribution is 0.102. The summed E-state index contributed by atoms with van der Waals surface area (Å²) < 4.78 is 58.5. The number of imidazole rings is 1. The van der Waals surface area contributed by atoms with Gasteiger partial charge in [0.25, 0.3) is 5.91 Å². The van der Waals surface area contributed by atoms with E-state index in [1.165, 1.54) is 6.07 Å². The highest BCUT2D eigenvalue weighted by molar-refractivity contribution is 7.72. The minimum atomic E-state index is -2.29. The highest BCUT2D eigenvalue weighted by atomic mass is 32.2. The summed E-state index contributed by atoms with van der Waals surface area (Å²) in [4.78, 5) is 32.5. The van der Waals surface area contributed by atoms with E-state index in [0.29, 0.717) is 63.4 Å². The van der Waals surface area contributed by atoms with Gasteiger partial charge in [0, 0.05) is 60.2 Å². The van der Waals surface area contributed by atoms with Crippen molar-refractivity contribution in [1.29, 1.82) is 0 Å². The largest absolute Gasteiger partial charge is 0.494 e. The minimum absolute atomic E-state index is 0.193. The van der Waals surface area contributed by atoms with Gasteiger partial charge in [0.1, 0.15) is 39.4 Å². The lowest BCUT2D eigenvalue weighted by Gasteiger charge is -2.42. The van der Waals surface area contributed by atoms with Crippen molar-refractivity contribution >= 4 is 45.3 Å². The lowest BCUT2D eigenvalue weighted by atomic mass is 9.91. The zero-order valence-electron chi connectivity index (χ0n) is 32.0. The molecule has 1 amide bonds. The Labute approximate surface area is 336 Å². The number of anilines is 4. The number of ether oxygens (including phenoxy) is 1. The van der Waals surface area contributed by atoms with Gasteiger partial charge in [-0.1, -0.05) is 24.3 Å². The molecular formula is C43H44F2N8O4S. The van der Waals surface area contributed by atoms with Gasteiger partial charge in [-0.3, -0.25) is 9.20 Å². The topological polar surface area (TPSA) is 134 Å². The standard InChI is InChI=1S/C43H44F2N8O4S/c1-57-37-27-32(52-23-16-31(17-24-52)51-21-14-28(15-22-51)18-25-58(55)56)11-12-35(37)47-43-46-19-13-36(48-43)41-39(49-38-10-2-3-20-53(38)41)29-6-4-7-30(26-29)42(54)50-40-33(44)8-5-9-34(40)45/h2-13,19-20,26-28,31,58H,14-18,21-25H2,1H3,(H,50,54)(H,46,47,48). The van der Waals surface area contributed by atoms with Crippen molar-refractivity contribution < 1.29 is 26.7 Å². The Morgan fingerprint density at radius 2 is 1.66 bits per heavy atom. The van der Waals surface area contributed by atoms with Crippen LogP contribution in [-0.2, 0) is 10.7 Å². The van der Waals surface area contributed by atoms with Crippen LogP contribution in [-0.4, -0.2) is 83.7 Å². The molecule has 3 aromatic heterocycles. The molecule has 5 heterocycles. The molecule has 2 saturated heterocycles. The number of piperidine rings is 2. The van der Waals surface area contributed by atoms with Crippen LogP contribution in [0.5, 0.6) is 5.75 Å². The number of aromatic nitrogens is 4. The Balaban J connectivity index is 0.983. The molecule has 0 radical (unpaired) electrons. The van der Waals surface area contributed by atoms with Crippen molar-refractivity contribution in [3.63, 3.8) is 0 Å². The van der Waals surface area contributed by atoms with E-state index in [2.05, 4.69) is 31.5 Å². The Hall–Kier alpha value is -5.93. The van der Waals surface area contributed by atoms with Gasteiger partial charge in [0.05, 0.1) is 29.9 Å². The number of pyridine rings is 1. The summed E-state index contributed by atoms with van der Waals surface area (Å²) in [6.45, 7) is 3.94. The maximum atomic E-state index is 14.3. The van der Waals surface area contributed by atoms with E-state index in [-0.39, 0.29) is 5.56 Å². The number of benzene rings is 3. The van der Waals surface area contributed by atoms with E-state index in [0.717, 1.165) is 76.1 Å². The number of rotatable bonds is 12. The molecule has 58 heavy (non-hydrogen) atoms. The third kappa shape index (κ3) is 8.50. The molecule has 3 aromatic carbocycles. The van der Waals surface area contributed by atoms with Crippen LogP contribution in [0.2, 0.25) is 0 Å². The number of methoxy groups -OCH3 is 1. The molecule has 0 unspecified atom stereocenters. The van der Waals surface area contributed by atoms with Gasteiger partial charge in [0.15, 0.2) is 0 Å². The molecular weight excluding hydrogens is 763 g/mol. The average molecular weight is 807 g/mol.